The summed E-state index contributed by atoms with van der Waals surface area (Å²) in [5.74, 6) is -0.959. The van der Waals surface area contributed by atoms with E-state index in [9.17, 15) is 8.78 Å². The first-order chi connectivity index (χ1) is 7.16. The van der Waals surface area contributed by atoms with Gasteiger partial charge in [0.05, 0.1) is 24.2 Å². The van der Waals surface area contributed by atoms with E-state index in [0.717, 1.165) is 18.6 Å². The van der Waals surface area contributed by atoms with E-state index >= 15 is 0 Å². The fourth-order valence-corrected chi connectivity index (χ4v) is 1.08. The minimum atomic E-state index is -0.601. The van der Waals surface area contributed by atoms with Crippen molar-refractivity contribution in [3.63, 3.8) is 0 Å². The zero-order valence-electron chi connectivity index (χ0n) is 7.48. The van der Waals surface area contributed by atoms with Gasteiger partial charge in [0, 0.05) is 0 Å². The normalized spacial score (nSPS) is 10.3. The van der Waals surface area contributed by atoms with E-state index in [-0.39, 0.29) is 17.2 Å². The van der Waals surface area contributed by atoms with Gasteiger partial charge in [-0.3, -0.25) is 0 Å². The maximum atomic E-state index is 13.3. The molecule has 0 aliphatic heterocycles. The summed E-state index contributed by atoms with van der Waals surface area (Å²) in [6.45, 7) is 0. The van der Waals surface area contributed by atoms with Crippen molar-refractivity contribution in [1.29, 1.82) is 0 Å². The van der Waals surface area contributed by atoms with Crippen LogP contribution < -0.4 is 5.73 Å². The van der Waals surface area contributed by atoms with E-state index in [4.69, 9.17) is 5.73 Å². The quantitative estimate of drug-likeness (QED) is 0.769. The Morgan fingerprint density at radius 3 is 2.33 bits per heavy atom. The molecule has 2 heterocycles. The van der Waals surface area contributed by atoms with E-state index in [1.54, 1.807) is 0 Å². The van der Waals surface area contributed by atoms with Gasteiger partial charge < -0.3 is 5.73 Å². The van der Waals surface area contributed by atoms with Crippen molar-refractivity contribution < 1.29 is 8.78 Å². The molecule has 0 aromatic carbocycles. The smallest absolute Gasteiger partial charge is 0.162 e. The Morgan fingerprint density at radius 1 is 1.00 bits per heavy atom. The molecule has 4 nitrogen and oxygen atoms in total. The lowest BCUT2D eigenvalue weighted by Crippen LogP contribution is -1.97. The topological polar surface area (TPSA) is 64.7 Å². The van der Waals surface area contributed by atoms with Crippen LogP contribution in [-0.4, -0.2) is 15.0 Å². The summed E-state index contributed by atoms with van der Waals surface area (Å²) in [5.41, 5.74) is 5.49. The van der Waals surface area contributed by atoms with Crippen molar-refractivity contribution in [3.05, 3.63) is 36.3 Å². The first-order valence-electron chi connectivity index (χ1n) is 4.06. The highest BCUT2D eigenvalue weighted by atomic mass is 19.1. The second-order valence-electron chi connectivity index (χ2n) is 2.81. The molecule has 0 saturated carbocycles. The molecule has 0 bridgehead atoms. The third kappa shape index (κ3) is 1.88. The van der Waals surface area contributed by atoms with Gasteiger partial charge in [-0.1, -0.05) is 0 Å². The highest BCUT2D eigenvalue weighted by Crippen LogP contribution is 2.19. The Labute approximate surface area is 83.8 Å². The summed E-state index contributed by atoms with van der Waals surface area (Å²) >= 11 is 0. The molecule has 2 aromatic rings. The lowest BCUT2D eigenvalue weighted by Gasteiger charge is -2.01. The van der Waals surface area contributed by atoms with E-state index < -0.39 is 11.6 Å². The molecule has 0 saturated heterocycles. The van der Waals surface area contributed by atoms with Gasteiger partial charge in [0.1, 0.15) is 5.82 Å². The minimum Gasteiger partial charge on any atom is -0.384 e. The summed E-state index contributed by atoms with van der Waals surface area (Å²) in [5, 5.41) is 0. The van der Waals surface area contributed by atoms with Crippen molar-refractivity contribution in [2.45, 2.75) is 0 Å². The third-order valence-corrected chi connectivity index (χ3v) is 1.74. The van der Waals surface area contributed by atoms with Gasteiger partial charge in [-0.25, -0.2) is 23.7 Å². The molecule has 76 valence electrons. The molecule has 0 aliphatic carbocycles. The van der Waals surface area contributed by atoms with E-state index in [0.29, 0.717) is 0 Å². The lowest BCUT2D eigenvalue weighted by atomic mass is 10.2. The van der Waals surface area contributed by atoms with Gasteiger partial charge in [-0.15, -0.1) is 0 Å². The average molecular weight is 208 g/mol. The SMILES string of the molecule is Nc1cc(-c2ncc(F)cn2)c(F)cn1. The van der Waals surface area contributed by atoms with E-state index in [2.05, 4.69) is 15.0 Å². The predicted octanol–water partition coefficient (Wildman–Crippen LogP) is 1.40. The Morgan fingerprint density at radius 2 is 1.67 bits per heavy atom. The third-order valence-electron chi connectivity index (χ3n) is 1.74. The zero-order valence-corrected chi connectivity index (χ0v) is 7.48. The highest BCUT2D eigenvalue weighted by molar-refractivity contribution is 5.58. The summed E-state index contributed by atoms with van der Waals surface area (Å²) in [7, 11) is 0. The van der Waals surface area contributed by atoms with Crippen molar-refractivity contribution in [1.82, 2.24) is 15.0 Å². The molecule has 2 aromatic heterocycles. The second kappa shape index (κ2) is 3.56. The maximum absolute atomic E-state index is 13.3. The van der Waals surface area contributed by atoms with Crippen LogP contribution in [-0.2, 0) is 0 Å². The summed E-state index contributed by atoms with van der Waals surface area (Å²) in [4.78, 5) is 10.8. The fourth-order valence-electron chi connectivity index (χ4n) is 1.08. The van der Waals surface area contributed by atoms with Crippen LogP contribution in [0.1, 0.15) is 0 Å². The van der Waals surface area contributed by atoms with Gasteiger partial charge in [0.25, 0.3) is 0 Å². The number of anilines is 1. The minimum absolute atomic E-state index is 0.0722. The molecule has 0 unspecified atom stereocenters. The Balaban J connectivity index is 2.53. The monoisotopic (exact) mass is 208 g/mol. The fraction of sp³-hybridized carbons (Fsp3) is 0. The highest BCUT2D eigenvalue weighted by Gasteiger charge is 2.08. The van der Waals surface area contributed by atoms with Crippen LogP contribution in [0.3, 0.4) is 0 Å². The van der Waals surface area contributed by atoms with Crippen LogP contribution in [0.25, 0.3) is 11.4 Å². The Hall–Kier alpha value is -2.11. The molecule has 2 N–H and O–H groups in total. The van der Waals surface area contributed by atoms with Gasteiger partial charge in [0.15, 0.2) is 17.5 Å². The van der Waals surface area contributed by atoms with Gasteiger partial charge in [0.2, 0.25) is 0 Å². The number of aromatic nitrogens is 3. The average Bonchev–Trinajstić information content (AvgIpc) is 2.23. The first-order valence-corrected chi connectivity index (χ1v) is 4.06. The summed E-state index contributed by atoms with van der Waals surface area (Å²) in [6.07, 6.45) is 2.88. The Bertz CT molecular complexity index is 484. The number of hydrogen-bond donors (Lipinski definition) is 1. The molecule has 6 heteroatoms. The molecular formula is C9H6F2N4. The van der Waals surface area contributed by atoms with Crippen LogP contribution >= 0.6 is 0 Å². The van der Waals surface area contributed by atoms with Crippen molar-refractivity contribution >= 4 is 5.82 Å². The molecule has 0 fully saturated rings. The molecule has 0 aliphatic rings. The van der Waals surface area contributed by atoms with Crippen molar-refractivity contribution in [2.75, 3.05) is 5.73 Å². The van der Waals surface area contributed by atoms with E-state index in [1.165, 1.54) is 6.07 Å². The van der Waals surface area contributed by atoms with Crippen molar-refractivity contribution in [2.24, 2.45) is 0 Å². The van der Waals surface area contributed by atoms with E-state index in [1.807, 2.05) is 0 Å². The Kier molecular flexibility index (Phi) is 2.24. The van der Waals surface area contributed by atoms with Crippen LogP contribution in [0.15, 0.2) is 24.7 Å². The molecule has 0 atom stereocenters. The second-order valence-corrected chi connectivity index (χ2v) is 2.81. The molecule has 15 heavy (non-hydrogen) atoms. The summed E-state index contributed by atoms with van der Waals surface area (Å²) in [6, 6.07) is 1.29. The number of nitrogens with zero attached hydrogens (tertiary/aromatic N) is 3. The van der Waals surface area contributed by atoms with Gasteiger partial charge in [-0.05, 0) is 6.07 Å². The zero-order chi connectivity index (χ0) is 10.8. The lowest BCUT2D eigenvalue weighted by molar-refractivity contribution is 0.610. The van der Waals surface area contributed by atoms with Crippen LogP contribution in [0, 0.1) is 11.6 Å². The van der Waals surface area contributed by atoms with Crippen molar-refractivity contribution in [3.8, 4) is 11.4 Å². The summed E-state index contributed by atoms with van der Waals surface area (Å²) < 4.78 is 25.8. The molecule has 0 amide bonds. The molecule has 0 spiro atoms. The number of nitrogen functional groups attached to an aromatic ring is 1. The molecule has 2 rings (SSSR count). The maximum Gasteiger partial charge on any atom is 0.162 e. The van der Waals surface area contributed by atoms with Crippen LogP contribution in [0.2, 0.25) is 0 Å². The number of pyridine rings is 1. The molecule has 0 radical (unpaired) electrons. The predicted molar refractivity (Wildman–Crippen MR) is 49.6 cm³/mol. The number of nitrogens with two attached hydrogens (primary N) is 1. The largest absolute Gasteiger partial charge is 0.384 e. The van der Waals surface area contributed by atoms with Crippen LogP contribution in [0.4, 0.5) is 14.6 Å². The number of hydrogen-bond acceptors (Lipinski definition) is 4. The van der Waals surface area contributed by atoms with Gasteiger partial charge in [-0.2, -0.15) is 0 Å². The number of halogens is 2. The van der Waals surface area contributed by atoms with Crippen LogP contribution in [0.5, 0.6) is 0 Å². The number of rotatable bonds is 1. The first kappa shape index (κ1) is 9.45. The standard InChI is InChI=1S/C9H6F2N4/c10-5-2-14-9(15-3-5)6-1-8(12)13-4-7(6)11/h1-4H,(H2,12,13). The molecular weight excluding hydrogens is 202 g/mol. The van der Waals surface area contributed by atoms with Gasteiger partial charge >= 0.3 is 0 Å².